The minimum atomic E-state index is -0.885. The van der Waals surface area contributed by atoms with Gasteiger partial charge in [0.1, 0.15) is 0 Å². The molecular weight excluding hydrogens is 258 g/mol. The maximum atomic E-state index is 10.9. The number of rotatable bonds is 7. The Morgan fingerprint density at radius 1 is 1.30 bits per heavy atom. The summed E-state index contributed by atoms with van der Waals surface area (Å²) in [5, 5.41) is 18.1. The predicted octanol–water partition coefficient (Wildman–Crippen LogP) is 1.11. The number of aliphatic hydroxyl groups excluding tert-OH is 1. The predicted molar refractivity (Wildman–Crippen MR) is 74.3 cm³/mol. The highest BCUT2D eigenvalue weighted by molar-refractivity contribution is 5.72. The van der Waals surface area contributed by atoms with Gasteiger partial charge in [-0.05, 0) is 18.4 Å². The SMILES string of the molecule is O=C(O)C1CCC(CN(CCO)Cc2ccccc2)O1. The van der Waals surface area contributed by atoms with Crippen molar-refractivity contribution >= 4 is 5.97 Å². The lowest BCUT2D eigenvalue weighted by Gasteiger charge is -2.24. The zero-order valence-corrected chi connectivity index (χ0v) is 11.4. The molecule has 1 aromatic rings. The summed E-state index contributed by atoms with van der Waals surface area (Å²) in [6.07, 6.45) is 0.588. The first-order chi connectivity index (χ1) is 9.69. The van der Waals surface area contributed by atoms with Gasteiger partial charge >= 0.3 is 5.97 Å². The van der Waals surface area contributed by atoms with Crippen molar-refractivity contribution in [1.82, 2.24) is 4.90 Å². The van der Waals surface area contributed by atoms with Crippen molar-refractivity contribution in [3.05, 3.63) is 35.9 Å². The molecule has 20 heavy (non-hydrogen) atoms. The van der Waals surface area contributed by atoms with E-state index in [4.69, 9.17) is 14.9 Å². The van der Waals surface area contributed by atoms with Gasteiger partial charge in [0.2, 0.25) is 0 Å². The molecule has 0 saturated carbocycles. The van der Waals surface area contributed by atoms with E-state index >= 15 is 0 Å². The smallest absolute Gasteiger partial charge is 0.332 e. The molecule has 5 heteroatoms. The van der Waals surface area contributed by atoms with Crippen LogP contribution in [0.5, 0.6) is 0 Å². The maximum Gasteiger partial charge on any atom is 0.332 e. The van der Waals surface area contributed by atoms with E-state index < -0.39 is 12.1 Å². The minimum Gasteiger partial charge on any atom is -0.479 e. The van der Waals surface area contributed by atoms with Gasteiger partial charge in [0.15, 0.2) is 6.10 Å². The van der Waals surface area contributed by atoms with Gasteiger partial charge in [-0.1, -0.05) is 30.3 Å². The van der Waals surface area contributed by atoms with E-state index in [0.29, 0.717) is 19.5 Å². The molecule has 0 amide bonds. The number of carboxylic acid groups (broad SMARTS) is 1. The van der Waals surface area contributed by atoms with Crippen LogP contribution in [0.1, 0.15) is 18.4 Å². The summed E-state index contributed by atoms with van der Waals surface area (Å²) >= 11 is 0. The second-order valence-electron chi connectivity index (χ2n) is 5.11. The van der Waals surface area contributed by atoms with Gasteiger partial charge in [-0.3, -0.25) is 4.90 Å². The molecule has 1 aliphatic rings. The van der Waals surface area contributed by atoms with E-state index in [9.17, 15) is 4.79 Å². The highest BCUT2D eigenvalue weighted by atomic mass is 16.5. The number of ether oxygens (including phenoxy) is 1. The molecule has 2 N–H and O–H groups in total. The Bertz CT molecular complexity index is 423. The Morgan fingerprint density at radius 3 is 2.65 bits per heavy atom. The lowest BCUT2D eigenvalue weighted by molar-refractivity contribution is -0.149. The van der Waals surface area contributed by atoms with Crippen LogP contribution in [0.2, 0.25) is 0 Å². The number of benzene rings is 1. The molecule has 0 aromatic heterocycles. The summed E-state index contributed by atoms with van der Waals surface area (Å²) in [5.74, 6) is -0.885. The molecule has 0 bridgehead atoms. The maximum absolute atomic E-state index is 10.9. The monoisotopic (exact) mass is 279 g/mol. The molecule has 2 atom stereocenters. The summed E-state index contributed by atoms with van der Waals surface area (Å²) in [4.78, 5) is 13.0. The Labute approximate surface area is 118 Å². The van der Waals surface area contributed by atoms with Gasteiger partial charge < -0.3 is 14.9 Å². The normalized spacial score (nSPS) is 22.3. The lowest BCUT2D eigenvalue weighted by Crippen LogP contribution is -2.35. The van der Waals surface area contributed by atoms with E-state index in [1.807, 2.05) is 30.3 Å². The van der Waals surface area contributed by atoms with Crippen molar-refractivity contribution in [1.29, 1.82) is 0 Å². The second kappa shape index (κ2) is 7.38. The van der Waals surface area contributed by atoms with E-state index in [0.717, 1.165) is 13.0 Å². The van der Waals surface area contributed by atoms with Crippen LogP contribution in [0, 0.1) is 0 Å². The van der Waals surface area contributed by atoms with Crippen molar-refractivity contribution in [3.8, 4) is 0 Å². The summed E-state index contributed by atoms with van der Waals surface area (Å²) in [5.41, 5.74) is 1.17. The largest absolute Gasteiger partial charge is 0.479 e. The number of aliphatic hydroxyl groups is 1. The molecule has 1 heterocycles. The molecule has 1 fully saturated rings. The third kappa shape index (κ3) is 4.30. The topological polar surface area (TPSA) is 70.0 Å². The summed E-state index contributed by atoms with van der Waals surface area (Å²) in [6, 6.07) is 10.0. The Hall–Kier alpha value is -1.43. The van der Waals surface area contributed by atoms with Crippen LogP contribution in [0.25, 0.3) is 0 Å². The van der Waals surface area contributed by atoms with Crippen LogP contribution >= 0.6 is 0 Å². The van der Waals surface area contributed by atoms with Crippen LogP contribution in [-0.4, -0.2) is 53.0 Å². The summed E-state index contributed by atoms with van der Waals surface area (Å²) in [6.45, 7) is 2.03. The number of aliphatic carboxylic acids is 1. The molecule has 110 valence electrons. The van der Waals surface area contributed by atoms with Crippen LogP contribution in [0.15, 0.2) is 30.3 Å². The number of carbonyl (C=O) groups is 1. The number of nitrogens with zero attached hydrogens (tertiary/aromatic N) is 1. The zero-order valence-electron chi connectivity index (χ0n) is 11.4. The van der Waals surface area contributed by atoms with E-state index in [1.54, 1.807) is 0 Å². The van der Waals surface area contributed by atoms with E-state index in [2.05, 4.69) is 4.90 Å². The van der Waals surface area contributed by atoms with Gasteiger partial charge in [-0.25, -0.2) is 4.79 Å². The number of hydrogen-bond donors (Lipinski definition) is 2. The summed E-state index contributed by atoms with van der Waals surface area (Å²) in [7, 11) is 0. The summed E-state index contributed by atoms with van der Waals surface area (Å²) < 4.78 is 5.51. The zero-order chi connectivity index (χ0) is 14.4. The highest BCUT2D eigenvalue weighted by Crippen LogP contribution is 2.21. The van der Waals surface area contributed by atoms with Crippen molar-refractivity contribution < 1.29 is 19.7 Å². The van der Waals surface area contributed by atoms with Crippen LogP contribution < -0.4 is 0 Å². The Morgan fingerprint density at radius 2 is 2.05 bits per heavy atom. The second-order valence-corrected chi connectivity index (χ2v) is 5.11. The fourth-order valence-corrected chi connectivity index (χ4v) is 2.53. The van der Waals surface area contributed by atoms with E-state index in [1.165, 1.54) is 5.56 Å². The molecule has 1 aromatic carbocycles. The Balaban J connectivity index is 1.88. The first-order valence-electron chi connectivity index (χ1n) is 6.94. The average molecular weight is 279 g/mol. The average Bonchev–Trinajstić information content (AvgIpc) is 2.89. The third-order valence-corrected chi connectivity index (χ3v) is 3.51. The number of hydrogen-bond acceptors (Lipinski definition) is 4. The van der Waals surface area contributed by atoms with Crippen LogP contribution in [-0.2, 0) is 16.1 Å². The quantitative estimate of drug-likeness (QED) is 0.782. The third-order valence-electron chi connectivity index (χ3n) is 3.51. The molecule has 1 aliphatic heterocycles. The van der Waals surface area contributed by atoms with Crippen molar-refractivity contribution in [2.24, 2.45) is 0 Å². The first-order valence-corrected chi connectivity index (χ1v) is 6.94. The highest BCUT2D eigenvalue weighted by Gasteiger charge is 2.31. The van der Waals surface area contributed by atoms with Gasteiger partial charge in [-0.15, -0.1) is 0 Å². The van der Waals surface area contributed by atoms with Crippen molar-refractivity contribution in [3.63, 3.8) is 0 Å². The number of carboxylic acids is 1. The van der Waals surface area contributed by atoms with Crippen molar-refractivity contribution in [2.75, 3.05) is 19.7 Å². The van der Waals surface area contributed by atoms with Crippen LogP contribution in [0.3, 0.4) is 0 Å². The molecule has 0 radical (unpaired) electrons. The standard InChI is InChI=1S/C15H21NO4/c17-9-8-16(10-12-4-2-1-3-5-12)11-13-6-7-14(20-13)15(18)19/h1-5,13-14,17H,6-11H2,(H,18,19). The molecule has 0 aliphatic carbocycles. The van der Waals surface area contributed by atoms with Crippen LogP contribution in [0.4, 0.5) is 0 Å². The van der Waals surface area contributed by atoms with E-state index in [-0.39, 0.29) is 12.7 Å². The fourth-order valence-electron chi connectivity index (χ4n) is 2.53. The molecule has 2 rings (SSSR count). The van der Waals surface area contributed by atoms with Gasteiger partial charge in [-0.2, -0.15) is 0 Å². The molecular formula is C15H21NO4. The van der Waals surface area contributed by atoms with Gasteiger partial charge in [0, 0.05) is 19.6 Å². The molecule has 5 nitrogen and oxygen atoms in total. The van der Waals surface area contributed by atoms with Gasteiger partial charge in [0.05, 0.1) is 12.7 Å². The minimum absolute atomic E-state index is 0.0636. The molecule has 1 saturated heterocycles. The fraction of sp³-hybridized carbons (Fsp3) is 0.533. The molecule has 0 spiro atoms. The lowest BCUT2D eigenvalue weighted by atomic mass is 10.1. The van der Waals surface area contributed by atoms with Gasteiger partial charge in [0.25, 0.3) is 0 Å². The first kappa shape index (κ1) is 15.0. The Kier molecular flexibility index (Phi) is 5.52. The van der Waals surface area contributed by atoms with Crippen molar-refractivity contribution in [2.45, 2.75) is 31.6 Å². The molecule has 2 unspecified atom stereocenters.